The van der Waals surface area contributed by atoms with E-state index < -0.39 is 0 Å². The molecule has 0 aromatic heterocycles. The maximum Gasteiger partial charge on any atom is 0.254 e. The number of hydrogen-bond donors (Lipinski definition) is 0. The molecule has 0 atom stereocenters. The van der Waals surface area contributed by atoms with Crippen LogP contribution in [0.3, 0.4) is 0 Å². The van der Waals surface area contributed by atoms with Crippen LogP contribution in [0.25, 0.3) is 0 Å². The van der Waals surface area contributed by atoms with Gasteiger partial charge in [-0.25, -0.2) is 0 Å². The first kappa shape index (κ1) is 16.5. The summed E-state index contributed by atoms with van der Waals surface area (Å²) in [7, 11) is 0. The summed E-state index contributed by atoms with van der Waals surface area (Å²) in [6, 6.07) is 14.5. The molecule has 1 aliphatic rings. The Kier molecular flexibility index (Phi) is 4.86. The average molecular weight is 343 g/mol. The predicted octanol–water partition coefficient (Wildman–Crippen LogP) is 3.25. The fourth-order valence-electron chi connectivity index (χ4n) is 2.88. The van der Waals surface area contributed by atoms with Crippen molar-refractivity contribution >= 4 is 23.4 Å². The SMILES string of the molecule is Cc1cccc(C(=O)N2CCN(C(=O)c3cccc(Cl)c3)CC2)c1. The number of amides is 2. The van der Waals surface area contributed by atoms with Gasteiger partial charge in [0.1, 0.15) is 0 Å². The van der Waals surface area contributed by atoms with E-state index in [0.29, 0.717) is 42.3 Å². The van der Waals surface area contributed by atoms with Crippen molar-refractivity contribution in [1.29, 1.82) is 0 Å². The van der Waals surface area contributed by atoms with Gasteiger partial charge in [0.25, 0.3) is 11.8 Å². The molecule has 124 valence electrons. The Morgan fingerprint density at radius 2 is 1.33 bits per heavy atom. The lowest BCUT2D eigenvalue weighted by atomic mass is 10.1. The number of carbonyl (C=O) groups excluding carboxylic acids is 2. The van der Waals surface area contributed by atoms with Gasteiger partial charge < -0.3 is 9.80 Å². The number of benzene rings is 2. The molecule has 0 radical (unpaired) electrons. The zero-order valence-electron chi connectivity index (χ0n) is 13.5. The van der Waals surface area contributed by atoms with E-state index in [-0.39, 0.29) is 11.8 Å². The van der Waals surface area contributed by atoms with Crippen molar-refractivity contribution in [2.45, 2.75) is 6.92 Å². The van der Waals surface area contributed by atoms with E-state index in [4.69, 9.17) is 11.6 Å². The standard InChI is InChI=1S/C19H19ClN2O2/c1-14-4-2-5-15(12-14)18(23)21-8-10-22(11-9-21)19(24)16-6-3-7-17(20)13-16/h2-7,12-13H,8-11H2,1H3. The van der Waals surface area contributed by atoms with E-state index in [1.54, 1.807) is 34.1 Å². The second-order valence-corrected chi connectivity index (χ2v) is 6.40. The van der Waals surface area contributed by atoms with Gasteiger partial charge in [0.2, 0.25) is 0 Å². The molecule has 2 amide bonds. The zero-order valence-corrected chi connectivity index (χ0v) is 14.3. The Morgan fingerprint density at radius 1 is 0.833 bits per heavy atom. The lowest BCUT2D eigenvalue weighted by Gasteiger charge is -2.35. The first-order valence-corrected chi connectivity index (χ1v) is 8.33. The molecule has 0 spiro atoms. The Morgan fingerprint density at radius 3 is 1.83 bits per heavy atom. The van der Waals surface area contributed by atoms with Crippen LogP contribution in [0.4, 0.5) is 0 Å². The van der Waals surface area contributed by atoms with E-state index in [1.165, 1.54) is 0 Å². The van der Waals surface area contributed by atoms with Gasteiger partial charge in [-0.3, -0.25) is 9.59 Å². The smallest absolute Gasteiger partial charge is 0.254 e. The predicted molar refractivity (Wildman–Crippen MR) is 94.4 cm³/mol. The maximum absolute atomic E-state index is 12.5. The second kappa shape index (κ2) is 7.05. The molecule has 0 saturated carbocycles. The molecule has 4 nitrogen and oxygen atoms in total. The molecule has 3 rings (SSSR count). The van der Waals surface area contributed by atoms with Gasteiger partial charge in [0.15, 0.2) is 0 Å². The Bertz CT molecular complexity index is 702. The molecule has 0 N–H and O–H groups in total. The highest BCUT2D eigenvalue weighted by atomic mass is 35.5. The van der Waals surface area contributed by atoms with E-state index in [0.717, 1.165) is 5.56 Å². The minimum Gasteiger partial charge on any atom is -0.335 e. The molecule has 0 bridgehead atoms. The number of nitrogens with zero attached hydrogens (tertiary/aromatic N) is 2. The summed E-state index contributed by atoms with van der Waals surface area (Å²) in [6.07, 6.45) is 0. The monoisotopic (exact) mass is 342 g/mol. The topological polar surface area (TPSA) is 40.6 Å². The molecule has 1 saturated heterocycles. The highest BCUT2D eigenvalue weighted by Gasteiger charge is 2.25. The van der Waals surface area contributed by atoms with E-state index in [9.17, 15) is 9.59 Å². The van der Waals surface area contributed by atoms with Crippen LogP contribution in [0.15, 0.2) is 48.5 Å². The molecular formula is C19H19ClN2O2. The summed E-state index contributed by atoms with van der Waals surface area (Å²) >= 11 is 5.95. The zero-order chi connectivity index (χ0) is 17.1. The van der Waals surface area contributed by atoms with Gasteiger partial charge in [-0.05, 0) is 37.3 Å². The fraction of sp³-hybridized carbons (Fsp3) is 0.263. The van der Waals surface area contributed by atoms with E-state index in [1.807, 2.05) is 31.2 Å². The lowest BCUT2D eigenvalue weighted by molar-refractivity contribution is 0.0535. The third-order valence-corrected chi connectivity index (χ3v) is 4.43. The third-order valence-electron chi connectivity index (χ3n) is 4.19. The largest absolute Gasteiger partial charge is 0.335 e. The van der Waals surface area contributed by atoms with Crippen LogP contribution in [0, 0.1) is 6.92 Å². The number of carbonyl (C=O) groups is 2. The average Bonchev–Trinajstić information content (AvgIpc) is 2.60. The van der Waals surface area contributed by atoms with Gasteiger partial charge in [-0.15, -0.1) is 0 Å². The van der Waals surface area contributed by atoms with Crippen LogP contribution in [0.2, 0.25) is 5.02 Å². The highest BCUT2D eigenvalue weighted by Crippen LogP contribution is 2.15. The number of rotatable bonds is 2. The lowest BCUT2D eigenvalue weighted by Crippen LogP contribution is -2.50. The molecule has 0 aliphatic carbocycles. The summed E-state index contributed by atoms with van der Waals surface area (Å²) < 4.78 is 0. The van der Waals surface area contributed by atoms with Crippen LogP contribution in [-0.4, -0.2) is 47.8 Å². The molecule has 24 heavy (non-hydrogen) atoms. The third kappa shape index (κ3) is 3.60. The van der Waals surface area contributed by atoms with Crippen LogP contribution in [0.1, 0.15) is 26.3 Å². The number of aryl methyl sites for hydroxylation is 1. The van der Waals surface area contributed by atoms with Gasteiger partial charge in [-0.1, -0.05) is 35.4 Å². The van der Waals surface area contributed by atoms with Crippen LogP contribution < -0.4 is 0 Å². The summed E-state index contributed by atoms with van der Waals surface area (Å²) in [4.78, 5) is 28.6. The quantitative estimate of drug-likeness (QED) is 0.840. The van der Waals surface area contributed by atoms with Gasteiger partial charge in [0.05, 0.1) is 0 Å². The molecule has 0 unspecified atom stereocenters. The van der Waals surface area contributed by atoms with Crippen molar-refractivity contribution < 1.29 is 9.59 Å². The number of hydrogen-bond acceptors (Lipinski definition) is 2. The van der Waals surface area contributed by atoms with Gasteiger partial charge >= 0.3 is 0 Å². The fourth-order valence-corrected chi connectivity index (χ4v) is 3.07. The van der Waals surface area contributed by atoms with Crippen LogP contribution in [0.5, 0.6) is 0 Å². The highest BCUT2D eigenvalue weighted by molar-refractivity contribution is 6.30. The van der Waals surface area contributed by atoms with Crippen LogP contribution in [-0.2, 0) is 0 Å². The van der Waals surface area contributed by atoms with Crippen molar-refractivity contribution in [1.82, 2.24) is 9.80 Å². The first-order valence-electron chi connectivity index (χ1n) is 7.95. The molecule has 2 aromatic rings. The van der Waals surface area contributed by atoms with Gasteiger partial charge in [0, 0.05) is 42.3 Å². The van der Waals surface area contributed by atoms with Crippen molar-refractivity contribution in [3.8, 4) is 0 Å². The maximum atomic E-state index is 12.5. The van der Waals surface area contributed by atoms with E-state index >= 15 is 0 Å². The molecule has 2 aromatic carbocycles. The first-order chi connectivity index (χ1) is 11.5. The van der Waals surface area contributed by atoms with Crippen molar-refractivity contribution in [2.24, 2.45) is 0 Å². The number of piperazine rings is 1. The molecule has 5 heteroatoms. The minimum absolute atomic E-state index is 0.0218. The summed E-state index contributed by atoms with van der Waals surface area (Å²) in [6.45, 7) is 4.11. The Hall–Kier alpha value is -2.33. The second-order valence-electron chi connectivity index (χ2n) is 5.96. The van der Waals surface area contributed by atoms with Crippen molar-refractivity contribution in [3.05, 3.63) is 70.2 Å². The Labute approximate surface area is 146 Å². The molecule has 1 fully saturated rings. The molecular weight excluding hydrogens is 324 g/mol. The number of halogens is 1. The van der Waals surface area contributed by atoms with Gasteiger partial charge in [-0.2, -0.15) is 0 Å². The molecule has 1 aliphatic heterocycles. The molecule has 1 heterocycles. The minimum atomic E-state index is -0.0415. The summed E-state index contributed by atoms with van der Waals surface area (Å²) in [5, 5.41) is 0.550. The van der Waals surface area contributed by atoms with Crippen LogP contribution >= 0.6 is 11.6 Å². The normalized spacial score (nSPS) is 14.6. The Balaban J connectivity index is 1.63. The van der Waals surface area contributed by atoms with E-state index in [2.05, 4.69) is 0 Å². The summed E-state index contributed by atoms with van der Waals surface area (Å²) in [5.74, 6) is -0.0197. The van der Waals surface area contributed by atoms with Crippen molar-refractivity contribution in [2.75, 3.05) is 26.2 Å². The summed E-state index contributed by atoms with van der Waals surface area (Å²) in [5.41, 5.74) is 2.35. The van der Waals surface area contributed by atoms with Crippen molar-refractivity contribution in [3.63, 3.8) is 0 Å².